The summed E-state index contributed by atoms with van der Waals surface area (Å²) in [6.07, 6.45) is -0.502. The molecule has 126 valence electrons. The molecule has 0 fully saturated rings. The summed E-state index contributed by atoms with van der Waals surface area (Å²) in [5.74, 6) is 0. The van der Waals surface area contributed by atoms with Crippen LogP contribution in [0.2, 0.25) is 0 Å². The molecular weight excluding hydrogens is 348 g/mol. The average molecular weight is 367 g/mol. The SMILES string of the molecule is OC(CNCc1cccc(-c2cccs2)n1)c1cc2ccccc2s1. The van der Waals surface area contributed by atoms with Crippen LogP contribution in [0.4, 0.5) is 0 Å². The lowest BCUT2D eigenvalue weighted by Crippen LogP contribution is -2.21. The Bertz CT molecular complexity index is 930. The molecule has 0 aliphatic heterocycles. The van der Waals surface area contributed by atoms with E-state index in [2.05, 4.69) is 39.9 Å². The van der Waals surface area contributed by atoms with Crippen LogP contribution in [0.3, 0.4) is 0 Å². The maximum atomic E-state index is 10.4. The van der Waals surface area contributed by atoms with E-state index >= 15 is 0 Å². The molecule has 5 heteroatoms. The van der Waals surface area contributed by atoms with Gasteiger partial charge >= 0.3 is 0 Å². The van der Waals surface area contributed by atoms with Gasteiger partial charge in [0.15, 0.2) is 0 Å². The number of nitrogens with one attached hydrogen (secondary N) is 1. The minimum absolute atomic E-state index is 0.502. The predicted octanol–water partition coefficient (Wildman–Crippen LogP) is 4.85. The number of aliphatic hydroxyl groups excluding tert-OH is 1. The van der Waals surface area contributed by atoms with Gasteiger partial charge in [-0.2, -0.15) is 0 Å². The number of rotatable bonds is 6. The van der Waals surface area contributed by atoms with E-state index in [-0.39, 0.29) is 0 Å². The fourth-order valence-corrected chi connectivity index (χ4v) is 4.49. The monoisotopic (exact) mass is 366 g/mol. The van der Waals surface area contributed by atoms with Gasteiger partial charge in [-0.25, -0.2) is 0 Å². The summed E-state index contributed by atoms with van der Waals surface area (Å²) in [6, 6.07) is 20.5. The largest absolute Gasteiger partial charge is 0.386 e. The number of hydrogen-bond donors (Lipinski definition) is 2. The van der Waals surface area contributed by atoms with Gasteiger partial charge in [-0.1, -0.05) is 30.3 Å². The molecule has 0 aliphatic rings. The minimum Gasteiger partial charge on any atom is -0.386 e. The van der Waals surface area contributed by atoms with Gasteiger partial charge in [0, 0.05) is 22.7 Å². The lowest BCUT2D eigenvalue weighted by atomic mass is 10.2. The van der Waals surface area contributed by atoms with Gasteiger partial charge in [0.05, 0.1) is 16.3 Å². The number of benzene rings is 1. The van der Waals surface area contributed by atoms with Crippen LogP contribution in [0.1, 0.15) is 16.7 Å². The summed E-state index contributed by atoms with van der Waals surface area (Å²) in [4.78, 5) is 6.86. The van der Waals surface area contributed by atoms with Crippen molar-refractivity contribution in [2.75, 3.05) is 6.54 Å². The lowest BCUT2D eigenvalue weighted by Gasteiger charge is -2.10. The van der Waals surface area contributed by atoms with Gasteiger partial charge in [0.25, 0.3) is 0 Å². The zero-order valence-corrected chi connectivity index (χ0v) is 15.2. The van der Waals surface area contributed by atoms with Gasteiger partial charge in [0.1, 0.15) is 6.10 Å². The molecule has 4 aromatic rings. The molecule has 0 radical (unpaired) electrons. The van der Waals surface area contributed by atoms with Crippen molar-refractivity contribution >= 4 is 32.8 Å². The summed E-state index contributed by atoms with van der Waals surface area (Å²) in [7, 11) is 0. The van der Waals surface area contributed by atoms with Crippen molar-refractivity contribution in [2.24, 2.45) is 0 Å². The van der Waals surface area contributed by atoms with E-state index in [1.807, 2.05) is 36.4 Å². The topological polar surface area (TPSA) is 45.1 Å². The highest BCUT2D eigenvalue weighted by atomic mass is 32.1. The van der Waals surface area contributed by atoms with Gasteiger partial charge in [-0.3, -0.25) is 4.98 Å². The van der Waals surface area contributed by atoms with Crippen LogP contribution < -0.4 is 5.32 Å². The molecule has 0 amide bonds. The predicted molar refractivity (Wildman–Crippen MR) is 106 cm³/mol. The third kappa shape index (κ3) is 3.80. The first kappa shape index (κ1) is 16.4. The first-order valence-electron chi connectivity index (χ1n) is 8.17. The Labute approximate surface area is 154 Å². The van der Waals surface area contributed by atoms with Crippen LogP contribution in [-0.2, 0) is 6.54 Å². The van der Waals surface area contributed by atoms with Gasteiger partial charge in [-0.15, -0.1) is 22.7 Å². The van der Waals surface area contributed by atoms with Gasteiger partial charge in [0.2, 0.25) is 0 Å². The highest BCUT2D eigenvalue weighted by Crippen LogP contribution is 2.29. The molecule has 0 spiro atoms. The van der Waals surface area contributed by atoms with Crippen molar-refractivity contribution in [3.8, 4) is 10.6 Å². The van der Waals surface area contributed by atoms with Crippen LogP contribution in [0.5, 0.6) is 0 Å². The maximum Gasteiger partial charge on any atom is 0.101 e. The normalized spacial score (nSPS) is 12.5. The van der Waals surface area contributed by atoms with E-state index in [0.29, 0.717) is 13.1 Å². The van der Waals surface area contributed by atoms with Crippen LogP contribution >= 0.6 is 22.7 Å². The number of pyridine rings is 1. The molecule has 1 atom stereocenters. The van der Waals surface area contributed by atoms with Crippen LogP contribution in [0, 0.1) is 0 Å². The number of hydrogen-bond acceptors (Lipinski definition) is 5. The van der Waals surface area contributed by atoms with Crippen molar-refractivity contribution < 1.29 is 5.11 Å². The maximum absolute atomic E-state index is 10.4. The van der Waals surface area contributed by atoms with Crippen molar-refractivity contribution in [1.82, 2.24) is 10.3 Å². The Morgan fingerprint density at radius 1 is 1.04 bits per heavy atom. The van der Waals surface area contributed by atoms with E-state index in [1.54, 1.807) is 22.7 Å². The Hall–Kier alpha value is -2.05. The molecule has 0 aliphatic carbocycles. The van der Waals surface area contributed by atoms with E-state index in [9.17, 15) is 5.11 Å². The lowest BCUT2D eigenvalue weighted by molar-refractivity contribution is 0.178. The molecule has 2 N–H and O–H groups in total. The van der Waals surface area contributed by atoms with Gasteiger partial charge < -0.3 is 10.4 Å². The molecule has 3 heterocycles. The minimum atomic E-state index is -0.502. The van der Waals surface area contributed by atoms with Crippen LogP contribution in [0.25, 0.3) is 20.7 Å². The Balaban J connectivity index is 1.38. The molecular formula is C20H18N2OS2. The fourth-order valence-electron chi connectivity index (χ4n) is 2.74. The zero-order valence-electron chi connectivity index (χ0n) is 13.6. The van der Waals surface area contributed by atoms with Crippen LogP contribution in [-0.4, -0.2) is 16.6 Å². The second-order valence-electron chi connectivity index (χ2n) is 5.82. The smallest absolute Gasteiger partial charge is 0.101 e. The number of fused-ring (bicyclic) bond motifs is 1. The second kappa shape index (κ2) is 7.45. The van der Waals surface area contributed by atoms with Crippen molar-refractivity contribution in [3.05, 3.63) is 76.6 Å². The third-order valence-electron chi connectivity index (χ3n) is 4.00. The molecule has 0 saturated heterocycles. The Kier molecular flexibility index (Phi) is 4.90. The summed E-state index contributed by atoms with van der Waals surface area (Å²) in [6.45, 7) is 1.15. The number of thiophene rings is 2. The highest BCUT2D eigenvalue weighted by molar-refractivity contribution is 7.19. The molecule has 3 aromatic heterocycles. The zero-order chi connectivity index (χ0) is 17.1. The Morgan fingerprint density at radius 3 is 2.80 bits per heavy atom. The number of nitrogens with zero attached hydrogens (tertiary/aromatic N) is 1. The molecule has 3 nitrogen and oxygen atoms in total. The highest BCUT2D eigenvalue weighted by Gasteiger charge is 2.11. The fraction of sp³-hybridized carbons (Fsp3) is 0.150. The summed E-state index contributed by atoms with van der Waals surface area (Å²) < 4.78 is 1.21. The van der Waals surface area contributed by atoms with Gasteiger partial charge in [-0.05, 0) is 41.1 Å². The van der Waals surface area contributed by atoms with E-state index < -0.39 is 6.10 Å². The molecule has 0 bridgehead atoms. The molecule has 25 heavy (non-hydrogen) atoms. The number of aromatic nitrogens is 1. The van der Waals surface area contributed by atoms with Crippen molar-refractivity contribution in [3.63, 3.8) is 0 Å². The average Bonchev–Trinajstić information content (AvgIpc) is 3.31. The summed E-state index contributed by atoms with van der Waals surface area (Å²) in [5.41, 5.74) is 1.98. The van der Waals surface area contributed by atoms with E-state index in [1.165, 1.54) is 15.0 Å². The first-order chi connectivity index (χ1) is 12.3. The van der Waals surface area contributed by atoms with Crippen molar-refractivity contribution in [2.45, 2.75) is 12.6 Å². The molecule has 4 rings (SSSR count). The standard InChI is InChI=1S/C20H18N2OS2/c23-17(20-11-14-5-1-2-8-18(14)25-20)13-21-12-15-6-3-7-16(22-15)19-9-4-10-24-19/h1-11,17,21,23H,12-13H2. The van der Waals surface area contributed by atoms with E-state index in [4.69, 9.17) is 0 Å². The Morgan fingerprint density at radius 2 is 1.96 bits per heavy atom. The summed E-state index contributed by atoms with van der Waals surface area (Å²) >= 11 is 3.34. The number of aliphatic hydroxyl groups is 1. The molecule has 1 unspecified atom stereocenters. The first-order valence-corrected chi connectivity index (χ1v) is 9.86. The second-order valence-corrected chi connectivity index (χ2v) is 7.89. The third-order valence-corrected chi connectivity index (χ3v) is 6.11. The quantitative estimate of drug-likeness (QED) is 0.513. The summed E-state index contributed by atoms with van der Waals surface area (Å²) in [5, 5.41) is 17.0. The van der Waals surface area contributed by atoms with Crippen molar-refractivity contribution in [1.29, 1.82) is 0 Å². The van der Waals surface area contributed by atoms with Crippen LogP contribution in [0.15, 0.2) is 66.0 Å². The van der Waals surface area contributed by atoms with E-state index in [0.717, 1.165) is 16.3 Å². The molecule has 0 saturated carbocycles. The molecule has 1 aromatic carbocycles.